The molecule has 2 heterocycles. The van der Waals surface area contributed by atoms with Gasteiger partial charge < -0.3 is 15.3 Å². The summed E-state index contributed by atoms with van der Waals surface area (Å²) in [7, 11) is -3.49. The highest BCUT2D eigenvalue weighted by atomic mass is 32.2. The molecule has 0 atom stereocenters. The number of sulfone groups is 1. The lowest BCUT2D eigenvalue weighted by molar-refractivity contribution is -0.138. The third kappa shape index (κ3) is 4.94. The number of nitrogens with one attached hydrogen (secondary N) is 1. The molecule has 2 aromatic rings. The Bertz CT molecular complexity index is 975. The van der Waals surface area contributed by atoms with Gasteiger partial charge in [-0.25, -0.2) is 22.8 Å². The predicted molar refractivity (Wildman–Crippen MR) is 102 cm³/mol. The second kappa shape index (κ2) is 8.09. The van der Waals surface area contributed by atoms with Crippen molar-refractivity contribution >= 4 is 33.1 Å². The van der Waals surface area contributed by atoms with Crippen LogP contribution in [0.1, 0.15) is 19.3 Å². The lowest BCUT2D eigenvalue weighted by atomic mass is 9.94. The molecule has 1 fully saturated rings. The van der Waals surface area contributed by atoms with E-state index in [-0.39, 0.29) is 22.9 Å². The number of carboxylic acid groups (broad SMARTS) is 1. The summed E-state index contributed by atoms with van der Waals surface area (Å²) in [6.07, 6.45) is 4.09. The van der Waals surface area contributed by atoms with Gasteiger partial charge in [0.15, 0.2) is 9.84 Å². The lowest BCUT2D eigenvalue weighted by Gasteiger charge is -2.32. The molecule has 0 unspecified atom stereocenters. The van der Waals surface area contributed by atoms with Gasteiger partial charge in [-0.05, 0) is 37.0 Å². The maximum atomic E-state index is 14.2. The number of anilines is 3. The number of hydrogen-bond acceptors (Lipinski definition) is 7. The summed E-state index contributed by atoms with van der Waals surface area (Å²) in [6, 6.07) is 5.33. The maximum absolute atomic E-state index is 14.2. The largest absolute Gasteiger partial charge is 0.481 e. The van der Waals surface area contributed by atoms with Crippen molar-refractivity contribution < 1.29 is 22.7 Å². The van der Waals surface area contributed by atoms with E-state index in [2.05, 4.69) is 15.3 Å². The smallest absolute Gasteiger partial charge is 0.303 e. The average molecular weight is 408 g/mol. The van der Waals surface area contributed by atoms with Crippen LogP contribution in [-0.4, -0.2) is 48.8 Å². The molecule has 0 saturated carbocycles. The van der Waals surface area contributed by atoms with E-state index in [0.717, 1.165) is 25.2 Å². The third-order valence-corrected chi connectivity index (χ3v) is 5.80. The van der Waals surface area contributed by atoms with Crippen molar-refractivity contribution in [2.24, 2.45) is 5.92 Å². The topological polar surface area (TPSA) is 112 Å². The van der Waals surface area contributed by atoms with E-state index >= 15 is 0 Å². The average Bonchev–Trinajstić information content (AvgIpc) is 2.63. The minimum absolute atomic E-state index is 0.0943. The highest BCUT2D eigenvalue weighted by Gasteiger charge is 2.22. The predicted octanol–water partition coefficient (Wildman–Crippen LogP) is 2.45. The van der Waals surface area contributed by atoms with Crippen LogP contribution in [-0.2, 0) is 14.6 Å². The minimum Gasteiger partial charge on any atom is -0.481 e. The Morgan fingerprint density at radius 2 is 2.00 bits per heavy atom. The van der Waals surface area contributed by atoms with E-state index < -0.39 is 21.6 Å². The zero-order chi connectivity index (χ0) is 20.3. The summed E-state index contributed by atoms with van der Waals surface area (Å²) < 4.78 is 37.3. The van der Waals surface area contributed by atoms with Crippen LogP contribution in [0.4, 0.5) is 21.7 Å². The van der Waals surface area contributed by atoms with Crippen molar-refractivity contribution in [2.75, 3.05) is 29.6 Å². The molecule has 0 amide bonds. The van der Waals surface area contributed by atoms with Gasteiger partial charge in [0.05, 0.1) is 10.6 Å². The molecule has 0 radical (unpaired) electrons. The first-order valence-corrected chi connectivity index (χ1v) is 10.7. The maximum Gasteiger partial charge on any atom is 0.303 e. The van der Waals surface area contributed by atoms with Crippen LogP contribution in [0.15, 0.2) is 35.5 Å². The molecule has 28 heavy (non-hydrogen) atoms. The second-order valence-corrected chi connectivity index (χ2v) is 8.84. The number of aliphatic carboxylic acids is 1. The van der Waals surface area contributed by atoms with E-state index in [1.54, 1.807) is 6.07 Å². The Balaban J connectivity index is 1.70. The van der Waals surface area contributed by atoms with Crippen LogP contribution in [0, 0.1) is 11.7 Å². The van der Waals surface area contributed by atoms with Gasteiger partial charge in [-0.15, -0.1) is 0 Å². The van der Waals surface area contributed by atoms with E-state index in [0.29, 0.717) is 24.7 Å². The fraction of sp³-hybridized carbons (Fsp3) is 0.389. The summed E-state index contributed by atoms with van der Waals surface area (Å²) in [4.78, 5) is 21.1. The molecule has 1 aromatic carbocycles. The van der Waals surface area contributed by atoms with Gasteiger partial charge in [-0.2, -0.15) is 0 Å². The highest BCUT2D eigenvalue weighted by Crippen LogP contribution is 2.27. The molecule has 1 aliphatic rings. The summed E-state index contributed by atoms with van der Waals surface area (Å²) in [6.45, 7) is 1.37. The number of piperidine rings is 1. The number of hydrogen-bond donors (Lipinski definition) is 2. The van der Waals surface area contributed by atoms with Crippen molar-refractivity contribution in [3.05, 3.63) is 36.4 Å². The third-order valence-electron chi connectivity index (χ3n) is 4.69. The summed E-state index contributed by atoms with van der Waals surface area (Å²) in [5.41, 5.74) is 0.109. The van der Waals surface area contributed by atoms with Crippen molar-refractivity contribution in [3.63, 3.8) is 0 Å². The summed E-state index contributed by atoms with van der Waals surface area (Å²) >= 11 is 0. The first kappa shape index (κ1) is 20.0. The quantitative estimate of drug-likeness (QED) is 0.750. The first-order valence-electron chi connectivity index (χ1n) is 8.78. The number of halogens is 1. The van der Waals surface area contributed by atoms with Gasteiger partial charge in [0, 0.05) is 31.8 Å². The fourth-order valence-electron chi connectivity index (χ4n) is 3.17. The monoisotopic (exact) mass is 408 g/mol. The van der Waals surface area contributed by atoms with Gasteiger partial charge in [-0.1, -0.05) is 0 Å². The normalized spacial score (nSPS) is 15.4. The Labute approximate surface area is 162 Å². The molecule has 150 valence electrons. The van der Waals surface area contributed by atoms with Gasteiger partial charge in [0.25, 0.3) is 0 Å². The number of nitrogens with zero attached hydrogens (tertiary/aromatic N) is 3. The Hall–Kier alpha value is -2.75. The van der Waals surface area contributed by atoms with Crippen LogP contribution in [0.5, 0.6) is 0 Å². The van der Waals surface area contributed by atoms with E-state index in [9.17, 15) is 17.6 Å². The molecule has 8 nitrogen and oxygen atoms in total. The van der Waals surface area contributed by atoms with Crippen molar-refractivity contribution in [1.82, 2.24) is 9.97 Å². The van der Waals surface area contributed by atoms with Crippen LogP contribution in [0.3, 0.4) is 0 Å². The number of carboxylic acids is 1. The Morgan fingerprint density at radius 1 is 1.29 bits per heavy atom. The molecule has 1 aromatic heterocycles. The molecule has 0 spiro atoms. The molecule has 1 aliphatic heterocycles. The van der Waals surface area contributed by atoms with Gasteiger partial charge in [-0.3, -0.25) is 4.79 Å². The van der Waals surface area contributed by atoms with E-state index in [4.69, 9.17) is 5.11 Å². The van der Waals surface area contributed by atoms with E-state index in [1.165, 1.54) is 18.5 Å². The van der Waals surface area contributed by atoms with Crippen LogP contribution in [0.25, 0.3) is 0 Å². The molecule has 1 saturated heterocycles. The SMILES string of the molecule is CS(=O)(=O)c1ccc(Nc2cc(N3CCC(CC(=O)O)CC3)ncn2)c(F)c1. The second-order valence-electron chi connectivity index (χ2n) is 6.83. The molecular formula is C18H21FN4O4S. The number of benzene rings is 1. The molecule has 2 N–H and O–H groups in total. The van der Waals surface area contributed by atoms with Crippen molar-refractivity contribution in [3.8, 4) is 0 Å². The van der Waals surface area contributed by atoms with Crippen LogP contribution in [0.2, 0.25) is 0 Å². The standard InChI is InChI=1S/C18H21FN4O4S/c1-28(26,27)13-2-3-15(14(19)9-13)22-16-10-17(21-11-20-16)23-6-4-12(5-7-23)8-18(24)25/h2-3,9-12H,4-8H2,1H3,(H,24,25)(H,20,21,22). The minimum atomic E-state index is -3.49. The molecular weight excluding hydrogens is 387 g/mol. The summed E-state index contributed by atoms with van der Waals surface area (Å²) in [5, 5.41) is 11.7. The number of aromatic nitrogens is 2. The van der Waals surface area contributed by atoms with Gasteiger partial charge >= 0.3 is 5.97 Å². The number of rotatable bonds is 6. The molecule has 10 heteroatoms. The molecule has 0 bridgehead atoms. The van der Waals surface area contributed by atoms with Gasteiger partial charge in [0.2, 0.25) is 0 Å². The molecule has 0 aliphatic carbocycles. The van der Waals surface area contributed by atoms with Crippen molar-refractivity contribution in [2.45, 2.75) is 24.2 Å². The van der Waals surface area contributed by atoms with Gasteiger partial charge in [0.1, 0.15) is 23.8 Å². The Morgan fingerprint density at radius 3 is 2.61 bits per heavy atom. The number of carbonyl (C=O) groups is 1. The fourth-order valence-corrected chi connectivity index (χ4v) is 3.80. The molecule has 3 rings (SSSR count). The zero-order valence-electron chi connectivity index (χ0n) is 15.3. The lowest BCUT2D eigenvalue weighted by Crippen LogP contribution is -2.34. The zero-order valence-corrected chi connectivity index (χ0v) is 16.1. The highest BCUT2D eigenvalue weighted by molar-refractivity contribution is 7.90. The van der Waals surface area contributed by atoms with Crippen LogP contribution >= 0.6 is 0 Å². The summed E-state index contributed by atoms with van der Waals surface area (Å²) in [5.74, 6) is -0.271. The van der Waals surface area contributed by atoms with Crippen molar-refractivity contribution in [1.29, 1.82) is 0 Å². The first-order chi connectivity index (χ1) is 13.2. The van der Waals surface area contributed by atoms with Crippen LogP contribution < -0.4 is 10.2 Å². The van der Waals surface area contributed by atoms with E-state index in [1.807, 2.05) is 4.90 Å². The Kier molecular flexibility index (Phi) is 5.78.